The lowest BCUT2D eigenvalue weighted by Crippen LogP contribution is -2.27. The number of halogens is 3. The van der Waals surface area contributed by atoms with Crippen molar-refractivity contribution in [2.24, 2.45) is 0 Å². The average Bonchev–Trinajstić information content (AvgIpc) is 2.59. The second-order valence-corrected chi connectivity index (χ2v) is 6.49. The molecule has 0 atom stereocenters. The average molecular weight is 397 g/mol. The molecule has 0 unspecified atom stereocenters. The summed E-state index contributed by atoms with van der Waals surface area (Å²) in [5.41, 5.74) is 0.320. The van der Waals surface area contributed by atoms with E-state index in [-0.39, 0.29) is 5.69 Å². The van der Waals surface area contributed by atoms with E-state index >= 15 is 0 Å². The maximum Gasteiger partial charge on any atom is 0.280 e. The van der Waals surface area contributed by atoms with Gasteiger partial charge in [0.15, 0.2) is 5.69 Å². The molecule has 8 heteroatoms. The number of anilines is 1. The Bertz CT molecular complexity index is 1050. The van der Waals surface area contributed by atoms with Crippen molar-refractivity contribution in [3.8, 4) is 0 Å². The van der Waals surface area contributed by atoms with Crippen LogP contribution < -0.4 is 10.7 Å². The highest BCUT2D eigenvalue weighted by Gasteiger charge is 2.18. The first-order chi connectivity index (χ1) is 11.9. The van der Waals surface area contributed by atoms with Crippen LogP contribution in [-0.4, -0.2) is 15.7 Å². The van der Waals surface area contributed by atoms with Crippen molar-refractivity contribution >= 4 is 57.3 Å². The zero-order chi connectivity index (χ0) is 18.1. The largest absolute Gasteiger partial charge is 0.320 e. The van der Waals surface area contributed by atoms with E-state index in [1.165, 1.54) is 12.1 Å². The quantitative estimate of drug-likeness (QED) is 0.702. The van der Waals surface area contributed by atoms with Gasteiger partial charge in [-0.2, -0.15) is 5.10 Å². The Morgan fingerprint density at radius 3 is 2.56 bits per heavy atom. The van der Waals surface area contributed by atoms with E-state index in [2.05, 4.69) is 10.4 Å². The molecule has 0 spiro atoms. The van der Waals surface area contributed by atoms with Crippen molar-refractivity contribution in [2.45, 2.75) is 13.5 Å². The molecule has 1 heterocycles. The molecule has 2 aromatic carbocycles. The summed E-state index contributed by atoms with van der Waals surface area (Å²) in [6.45, 7) is 2.36. The van der Waals surface area contributed by atoms with Crippen molar-refractivity contribution in [2.75, 3.05) is 5.32 Å². The summed E-state index contributed by atoms with van der Waals surface area (Å²) in [6.07, 6.45) is 0. The van der Waals surface area contributed by atoms with Gasteiger partial charge in [0.2, 0.25) is 5.43 Å². The SMILES string of the molecule is CCn1nc(C(=O)Nc2ccc(Cl)c(Cl)c2)c(=O)c2cc(Cl)ccc21. The number of carbonyl (C=O) groups excluding carboxylic acids is 1. The third-order valence-electron chi connectivity index (χ3n) is 3.61. The van der Waals surface area contributed by atoms with Crippen LogP contribution >= 0.6 is 34.8 Å². The molecular weight excluding hydrogens is 385 g/mol. The number of aryl methyl sites for hydroxylation is 1. The first-order valence-corrected chi connectivity index (χ1v) is 8.51. The standard InChI is InChI=1S/C17H12Cl3N3O2/c1-2-23-14-6-3-9(18)7-11(14)16(24)15(22-23)17(25)21-10-4-5-12(19)13(20)8-10/h3-8H,2H2,1H3,(H,21,25). The minimum absolute atomic E-state index is 0.220. The topological polar surface area (TPSA) is 64.0 Å². The molecule has 5 nitrogen and oxygen atoms in total. The van der Waals surface area contributed by atoms with Gasteiger partial charge in [-0.25, -0.2) is 0 Å². The number of nitrogens with zero attached hydrogens (tertiary/aromatic N) is 2. The smallest absolute Gasteiger partial charge is 0.280 e. The normalized spacial score (nSPS) is 10.9. The molecule has 1 amide bonds. The highest BCUT2D eigenvalue weighted by molar-refractivity contribution is 6.42. The lowest BCUT2D eigenvalue weighted by atomic mass is 10.2. The van der Waals surface area contributed by atoms with Crippen LogP contribution in [0.5, 0.6) is 0 Å². The summed E-state index contributed by atoms with van der Waals surface area (Å²) >= 11 is 17.8. The number of hydrogen-bond acceptors (Lipinski definition) is 3. The molecule has 0 aliphatic rings. The monoisotopic (exact) mass is 395 g/mol. The van der Waals surface area contributed by atoms with Crippen LogP contribution in [0.1, 0.15) is 17.4 Å². The van der Waals surface area contributed by atoms with E-state index in [1.54, 1.807) is 28.9 Å². The molecule has 0 bridgehead atoms. The van der Waals surface area contributed by atoms with Gasteiger partial charge in [0.25, 0.3) is 5.91 Å². The van der Waals surface area contributed by atoms with Gasteiger partial charge < -0.3 is 5.32 Å². The van der Waals surface area contributed by atoms with Gasteiger partial charge in [0, 0.05) is 17.3 Å². The summed E-state index contributed by atoms with van der Waals surface area (Å²) in [5.74, 6) is -0.632. The molecule has 1 aromatic heterocycles. The van der Waals surface area contributed by atoms with Gasteiger partial charge >= 0.3 is 0 Å². The molecule has 3 rings (SSSR count). The number of hydrogen-bond donors (Lipinski definition) is 1. The van der Waals surface area contributed by atoms with E-state index in [9.17, 15) is 9.59 Å². The lowest BCUT2D eigenvalue weighted by Gasteiger charge is -2.11. The van der Waals surface area contributed by atoms with Crippen LogP contribution in [0.4, 0.5) is 5.69 Å². The molecule has 0 radical (unpaired) electrons. The van der Waals surface area contributed by atoms with Crippen molar-refractivity contribution < 1.29 is 4.79 Å². The Balaban J connectivity index is 2.08. The second-order valence-electron chi connectivity index (χ2n) is 5.24. The number of benzene rings is 2. The van der Waals surface area contributed by atoms with Gasteiger partial charge in [0.1, 0.15) is 0 Å². The van der Waals surface area contributed by atoms with Gasteiger partial charge in [-0.3, -0.25) is 14.3 Å². The highest BCUT2D eigenvalue weighted by Crippen LogP contribution is 2.25. The van der Waals surface area contributed by atoms with Crippen LogP contribution in [0.3, 0.4) is 0 Å². The van der Waals surface area contributed by atoms with E-state index in [1.807, 2.05) is 6.92 Å². The summed E-state index contributed by atoms with van der Waals surface area (Å²) in [5, 5.41) is 8.19. The van der Waals surface area contributed by atoms with Gasteiger partial charge in [0.05, 0.1) is 20.9 Å². The molecule has 25 heavy (non-hydrogen) atoms. The zero-order valence-corrected chi connectivity index (χ0v) is 15.3. The Kier molecular flexibility index (Phi) is 4.99. The van der Waals surface area contributed by atoms with Crippen molar-refractivity contribution in [1.29, 1.82) is 0 Å². The second kappa shape index (κ2) is 7.04. The Hall–Kier alpha value is -2.08. The first-order valence-electron chi connectivity index (χ1n) is 7.37. The van der Waals surface area contributed by atoms with Crippen LogP contribution in [0.15, 0.2) is 41.2 Å². The Morgan fingerprint density at radius 1 is 1.12 bits per heavy atom. The van der Waals surface area contributed by atoms with E-state index in [0.29, 0.717) is 38.2 Å². The van der Waals surface area contributed by atoms with E-state index < -0.39 is 11.3 Å². The maximum absolute atomic E-state index is 12.7. The van der Waals surface area contributed by atoms with E-state index in [0.717, 1.165) is 0 Å². The van der Waals surface area contributed by atoms with Crippen LogP contribution in [-0.2, 0) is 6.54 Å². The molecule has 1 N–H and O–H groups in total. The van der Waals surface area contributed by atoms with Crippen molar-refractivity contribution in [3.63, 3.8) is 0 Å². The minimum Gasteiger partial charge on any atom is -0.320 e. The number of nitrogens with one attached hydrogen (secondary N) is 1. The highest BCUT2D eigenvalue weighted by atomic mass is 35.5. The number of carbonyl (C=O) groups is 1. The molecule has 0 saturated heterocycles. The summed E-state index contributed by atoms with van der Waals surface area (Å²) in [6, 6.07) is 9.55. The first kappa shape index (κ1) is 17.7. The molecular formula is C17H12Cl3N3O2. The molecule has 0 fully saturated rings. The molecule has 0 saturated carbocycles. The zero-order valence-electron chi connectivity index (χ0n) is 13.0. The fourth-order valence-corrected chi connectivity index (χ4v) is 2.89. The number of fused-ring (bicyclic) bond motifs is 1. The Labute approximate surface area is 158 Å². The van der Waals surface area contributed by atoms with Gasteiger partial charge in [-0.1, -0.05) is 34.8 Å². The molecule has 0 aliphatic carbocycles. The third-order valence-corrected chi connectivity index (χ3v) is 4.58. The Morgan fingerprint density at radius 2 is 1.88 bits per heavy atom. The molecule has 128 valence electrons. The predicted molar refractivity (Wildman–Crippen MR) is 101 cm³/mol. The summed E-state index contributed by atoms with van der Waals surface area (Å²) in [7, 11) is 0. The van der Waals surface area contributed by atoms with Crippen LogP contribution in [0.2, 0.25) is 15.1 Å². The summed E-state index contributed by atoms with van der Waals surface area (Å²) in [4.78, 5) is 25.2. The van der Waals surface area contributed by atoms with Gasteiger partial charge in [-0.05, 0) is 43.3 Å². The van der Waals surface area contributed by atoms with Crippen molar-refractivity contribution in [1.82, 2.24) is 9.78 Å². The number of amides is 1. The van der Waals surface area contributed by atoms with Gasteiger partial charge in [-0.15, -0.1) is 0 Å². The summed E-state index contributed by atoms with van der Waals surface area (Å²) < 4.78 is 1.58. The minimum atomic E-state index is -0.632. The fourth-order valence-electron chi connectivity index (χ4n) is 2.42. The van der Waals surface area contributed by atoms with Crippen LogP contribution in [0.25, 0.3) is 10.9 Å². The number of aromatic nitrogens is 2. The molecule has 3 aromatic rings. The van der Waals surface area contributed by atoms with Crippen LogP contribution in [0, 0.1) is 0 Å². The number of rotatable bonds is 3. The fraction of sp³-hybridized carbons (Fsp3) is 0.118. The van der Waals surface area contributed by atoms with Crippen molar-refractivity contribution in [3.05, 3.63) is 67.4 Å². The third kappa shape index (κ3) is 3.49. The van der Waals surface area contributed by atoms with E-state index in [4.69, 9.17) is 34.8 Å². The predicted octanol–water partition coefficient (Wildman–Crippen LogP) is 4.63. The lowest BCUT2D eigenvalue weighted by molar-refractivity contribution is 0.101. The molecule has 0 aliphatic heterocycles. The maximum atomic E-state index is 12.7.